The van der Waals surface area contributed by atoms with Crippen LogP contribution < -0.4 is 10.2 Å². The molecule has 0 unspecified atom stereocenters. The van der Waals surface area contributed by atoms with Crippen LogP contribution in [0.2, 0.25) is 0 Å². The van der Waals surface area contributed by atoms with Crippen LogP contribution in [0.25, 0.3) is 6.08 Å². The molecule has 0 aliphatic carbocycles. The van der Waals surface area contributed by atoms with Gasteiger partial charge >= 0.3 is 0 Å². The molecule has 0 fully saturated rings. The smallest absolute Gasteiger partial charge is 0.267 e. The van der Waals surface area contributed by atoms with Gasteiger partial charge in [-0.3, -0.25) is 9.63 Å². The molecule has 1 heterocycles. The Hall–Kier alpha value is -3.20. The Morgan fingerprint density at radius 3 is 2.45 bits per heavy atom. The summed E-state index contributed by atoms with van der Waals surface area (Å²) in [5.41, 5.74) is 3.94. The zero-order valence-electron chi connectivity index (χ0n) is 15.4. The van der Waals surface area contributed by atoms with Crippen LogP contribution in [0.5, 0.6) is 0 Å². The van der Waals surface area contributed by atoms with Crippen molar-refractivity contribution in [1.29, 1.82) is 0 Å². The summed E-state index contributed by atoms with van der Waals surface area (Å²) in [6, 6.07) is 19.0. The first kappa shape index (κ1) is 20.5. The minimum Gasteiger partial charge on any atom is -0.468 e. The largest absolute Gasteiger partial charge is 0.468 e. The van der Waals surface area contributed by atoms with Crippen molar-refractivity contribution in [2.24, 2.45) is 0 Å². The Morgan fingerprint density at radius 1 is 1.00 bits per heavy atom. The monoisotopic (exact) mass is 412 g/mol. The van der Waals surface area contributed by atoms with Gasteiger partial charge in [-0.25, -0.2) is 18.6 Å². The van der Waals surface area contributed by atoms with Crippen molar-refractivity contribution < 1.29 is 22.5 Å². The lowest BCUT2D eigenvalue weighted by molar-refractivity contribution is -0.129. The highest BCUT2D eigenvalue weighted by Gasteiger charge is 2.13. The number of amides is 1. The summed E-state index contributed by atoms with van der Waals surface area (Å²) < 4.78 is 32.1. The van der Waals surface area contributed by atoms with E-state index in [0.29, 0.717) is 11.3 Å². The summed E-state index contributed by atoms with van der Waals surface area (Å²) in [4.78, 5) is 17.1. The number of rotatable bonds is 9. The van der Waals surface area contributed by atoms with Gasteiger partial charge in [0, 0.05) is 6.08 Å². The normalized spacial score (nSPS) is 11.6. The van der Waals surface area contributed by atoms with Crippen LogP contribution in [0.3, 0.4) is 0 Å². The van der Waals surface area contributed by atoms with Gasteiger partial charge in [-0.2, -0.15) is 0 Å². The van der Waals surface area contributed by atoms with Gasteiger partial charge in [0.1, 0.15) is 5.76 Å². The fourth-order valence-electron chi connectivity index (χ4n) is 2.39. The summed E-state index contributed by atoms with van der Waals surface area (Å²) in [5.74, 6) is 0.103. The van der Waals surface area contributed by atoms with Gasteiger partial charge < -0.3 is 4.42 Å². The number of furan rings is 1. The molecule has 0 spiro atoms. The molecule has 0 saturated carbocycles. The van der Waals surface area contributed by atoms with Gasteiger partial charge in [0.05, 0.1) is 24.3 Å². The van der Waals surface area contributed by atoms with Gasteiger partial charge in [0.25, 0.3) is 5.91 Å². The predicted octanol–water partition coefficient (Wildman–Crippen LogP) is 3.02. The number of benzene rings is 2. The molecule has 0 radical (unpaired) electrons. The maximum atomic E-state index is 12.3. The summed E-state index contributed by atoms with van der Waals surface area (Å²) >= 11 is 0. The summed E-state index contributed by atoms with van der Waals surface area (Å²) in [6.45, 7) is 0.331. The fourth-order valence-corrected chi connectivity index (χ4v) is 3.38. The third-order valence-electron chi connectivity index (χ3n) is 3.89. The molecule has 0 bridgehead atoms. The van der Waals surface area contributed by atoms with E-state index in [1.54, 1.807) is 30.3 Å². The lowest BCUT2D eigenvalue weighted by Crippen LogP contribution is -2.22. The first-order chi connectivity index (χ1) is 14.0. The second-order valence-electron chi connectivity index (χ2n) is 6.05. The summed E-state index contributed by atoms with van der Waals surface area (Å²) in [6.07, 6.45) is 4.35. The molecule has 7 nitrogen and oxygen atoms in total. The number of carbonyl (C=O) groups excluding carboxylic acids is 1. The molecule has 0 aliphatic rings. The first-order valence-corrected chi connectivity index (χ1v) is 10.3. The number of hydrogen-bond donors (Lipinski definition) is 2. The standard InChI is InChI=1S/C21H20N2O5S/c24-21(23-28-16-18-5-2-1-3-6-18)13-10-17-8-11-20(12-9-17)29(25,26)22-15-19-7-4-14-27-19/h1-14,22H,15-16H2,(H,23,24)/b13-10+. The minimum absolute atomic E-state index is 0.0696. The van der Waals surface area contributed by atoms with Gasteiger partial charge in [0.15, 0.2) is 0 Å². The van der Waals surface area contributed by atoms with E-state index in [1.807, 2.05) is 30.3 Å². The number of nitrogens with one attached hydrogen (secondary N) is 2. The summed E-state index contributed by atoms with van der Waals surface area (Å²) in [5, 5.41) is 0. The highest BCUT2D eigenvalue weighted by atomic mass is 32.2. The quantitative estimate of drug-likeness (QED) is 0.416. The van der Waals surface area contributed by atoms with E-state index in [9.17, 15) is 13.2 Å². The zero-order valence-corrected chi connectivity index (χ0v) is 16.3. The molecular weight excluding hydrogens is 392 g/mol. The van der Waals surface area contributed by atoms with Crippen molar-refractivity contribution in [1.82, 2.24) is 10.2 Å². The van der Waals surface area contributed by atoms with E-state index in [2.05, 4.69) is 10.2 Å². The predicted molar refractivity (Wildman–Crippen MR) is 108 cm³/mol. The van der Waals surface area contributed by atoms with Crippen LogP contribution in [-0.4, -0.2) is 14.3 Å². The molecule has 3 rings (SSSR count). The van der Waals surface area contributed by atoms with Crippen LogP contribution in [-0.2, 0) is 32.8 Å². The second kappa shape index (κ2) is 9.83. The number of hydroxylamine groups is 1. The van der Waals surface area contributed by atoms with Crippen LogP contribution in [0.4, 0.5) is 0 Å². The molecule has 0 atom stereocenters. The van der Waals surface area contributed by atoms with Crippen molar-refractivity contribution in [3.63, 3.8) is 0 Å². The lowest BCUT2D eigenvalue weighted by Gasteiger charge is -2.06. The van der Waals surface area contributed by atoms with Crippen LogP contribution in [0.15, 0.2) is 88.4 Å². The fraction of sp³-hybridized carbons (Fsp3) is 0.0952. The first-order valence-electron chi connectivity index (χ1n) is 8.79. The molecule has 0 saturated heterocycles. The molecule has 2 N–H and O–H groups in total. The molecule has 1 aromatic heterocycles. The topological polar surface area (TPSA) is 97.6 Å². The maximum Gasteiger partial charge on any atom is 0.267 e. The number of hydrogen-bond acceptors (Lipinski definition) is 5. The van der Waals surface area contributed by atoms with E-state index >= 15 is 0 Å². The number of sulfonamides is 1. The van der Waals surface area contributed by atoms with E-state index < -0.39 is 15.9 Å². The Bertz CT molecular complexity index is 1040. The Morgan fingerprint density at radius 2 is 1.76 bits per heavy atom. The molecule has 2 aromatic carbocycles. The molecule has 29 heavy (non-hydrogen) atoms. The third-order valence-corrected chi connectivity index (χ3v) is 5.31. The second-order valence-corrected chi connectivity index (χ2v) is 7.81. The van der Waals surface area contributed by atoms with Crippen molar-refractivity contribution >= 4 is 22.0 Å². The van der Waals surface area contributed by atoms with Crippen molar-refractivity contribution in [2.75, 3.05) is 0 Å². The van der Waals surface area contributed by atoms with Gasteiger partial charge in [-0.1, -0.05) is 42.5 Å². The maximum absolute atomic E-state index is 12.3. The molecule has 3 aromatic rings. The van der Waals surface area contributed by atoms with Gasteiger partial charge in [-0.05, 0) is 41.5 Å². The molecule has 8 heteroatoms. The Balaban J connectivity index is 1.49. The molecule has 1 amide bonds. The van der Waals surface area contributed by atoms with Crippen molar-refractivity contribution in [3.8, 4) is 0 Å². The average Bonchev–Trinajstić information content (AvgIpc) is 3.26. The average molecular weight is 412 g/mol. The van der Waals surface area contributed by atoms with Crippen LogP contribution >= 0.6 is 0 Å². The highest BCUT2D eigenvalue weighted by molar-refractivity contribution is 7.89. The van der Waals surface area contributed by atoms with E-state index in [1.165, 1.54) is 24.5 Å². The minimum atomic E-state index is -3.66. The van der Waals surface area contributed by atoms with E-state index in [-0.39, 0.29) is 18.0 Å². The Kier molecular flexibility index (Phi) is 6.96. The Labute approximate surface area is 169 Å². The van der Waals surface area contributed by atoms with Crippen molar-refractivity contribution in [2.45, 2.75) is 18.0 Å². The van der Waals surface area contributed by atoms with Crippen molar-refractivity contribution in [3.05, 3.63) is 96.0 Å². The van der Waals surface area contributed by atoms with E-state index in [4.69, 9.17) is 9.25 Å². The van der Waals surface area contributed by atoms with Gasteiger partial charge in [-0.15, -0.1) is 0 Å². The SMILES string of the molecule is O=C(/C=C/c1ccc(S(=O)(=O)NCc2ccco2)cc1)NOCc1ccccc1. The zero-order chi connectivity index (χ0) is 20.5. The molecule has 150 valence electrons. The van der Waals surface area contributed by atoms with Crippen LogP contribution in [0.1, 0.15) is 16.9 Å². The molecular formula is C21H20N2O5S. The molecule has 0 aliphatic heterocycles. The summed E-state index contributed by atoms with van der Waals surface area (Å²) in [7, 11) is -3.66. The number of carbonyl (C=O) groups is 1. The van der Waals surface area contributed by atoms with E-state index in [0.717, 1.165) is 5.56 Å². The van der Waals surface area contributed by atoms with Gasteiger partial charge in [0.2, 0.25) is 10.0 Å². The lowest BCUT2D eigenvalue weighted by atomic mass is 10.2. The van der Waals surface area contributed by atoms with Crippen LogP contribution in [0, 0.1) is 0 Å². The highest BCUT2D eigenvalue weighted by Crippen LogP contribution is 2.12. The third kappa shape index (κ3) is 6.42.